The van der Waals surface area contributed by atoms with Gasteiger partial charge < -0.3 is 15.3 Å². The second-order valence-electron chi connectivity index (χ2n) is 3.61. The van der Waals surface area contributed by atoms with E-state index < -0.39 is 0 Å². The zero-order chi connectivity index (χ0) is 13.2. The Bertz CT molecular complexity index is 405. The Kier molecular flexibility index (Phi) is 6.32. The molecular weight excluding hydrogens is 232 g/mol. The molecule has 0 amide bonds. The molecule has 5 heteroatoms. The predicted molar refractivity (Wildman–Crippen MR) is 70.3 cm³/mol. The topological polar surface area (TPSA) is 73.9 Å². The Morgan fingerprint density at radius 2 is 2.22 bits per heavy atom. The van der Waals surface area contributed by atoms with Gasteiger partial charge in [-0.05, 0) is 19.4 Å². The summed E-state index contributed by atoms with van der Waals surface area (Å²) >= 11 is 0. The summed E-state index contributed by atoms with van der Waals surface area (Å²) in [7, 11) is 0. The van der Waals surface area contributed by atoms with E-state index in [1.165, 1.54) is 0 Å². The number of para-hydroxylation sites is 1. The number of hydrogen-bond donors (Lipinski definition) is 1. The zero-order valence-electron chi connectivity index (χ0n) is 10.5. The molecular formula is C13H18N2O3. The lowest BCUT2D eigenvalue weighted by Crippen LogP contribution is -2.04. The Hall–Kier alpha value is -2.04. The highest BCUT2D eigenvalue weighted by atomic mass is 16.6. The van der Waals surface area contributed by atoms with Gasteiger partial charge in [-0.1, -0.05) is 23.4 Å². The minimum atomic E-state index is -0.211. The van der Waals surface area contributed by atoms with Gasteiger partial charge >= 0.3 is 5.97 Å². The summed E-state index contributed by atoms with van der Waals surface area (Å²) in [5, 5.41) is 3.79. The van der Waals surface area contributed by atoms with E-state index in [1.54, 1.807) is 19.2 Å². The summed E-state index contributed by atoms with van der Waals surface area (Å²) in [6.07, 6.45) is 2.48. The van der Waals surface area contributed by atoms with Crippen molar-refractivity contribution in [1.82, 2.24) is 0 Å². The number of ether oxygens (including phenoxy) is 1. The van der Waals surface area contributed by atoms with Gasteiger partial charge in [-0.2, -0.15) is 0 Å². The fourth-order valence-electron chi connectivity index (χ4n) is 1.29. The van der Waals surface area contributed by atoms with Crippen LogP contribution >= 0.6 is 0 Å². The van der Waals surface area contributed by atoms with E-state index in [2.05, 4.69) is 5.16 Å². The lowest BCUT2D eigenvalue weighted by molar-refractivity contribution is -0.143. The summed E-state index contributed by atoms with van der Waals surface area (Å²) in [6.45, 7) is 2.57. The summed E-state index contributed by atoms with van der Waals surface area (Å²) in [4.78, 5) is 16.0. The first-order valence-electron chi connectivity index (χ1n) is 5.89. The lowest BCUT2D eigenvalue weighted by atomic mass is 10.2. The molecule has 2 N–H and O–H groups in total. The first-order valence-corrected chi connectivity index (χ1v) is 5.89. The van der Waals surface area contributed by atoms with E-state index in [4.69, 9.17) is 15.3 Å². The third-order valence-corrected chi connectivity index (χ3v) is 2.18. The third-order valence-electron chi connectivity index (χ3n) is 2.18. The number of oxime groups is 1. The number of nitrogen functional groups attached to an aromatic ring is 1. The van der Waals surface area contributed by atoms with Crippen molar-refractivity contribution in [3.63, 3.8) is 0 Å². The fraction of sp³-hybridized carbons (Fsp3) is 0.385. The van der Waals surface area contributed by atoms with Gasteiger partial charge in [-0.3, -0.25) is 4.79 Å². The second-order valence-corrected chi connectivity index (χ2v) is 3.61. The number of hydrogen-bond acceptors (Lipinski definition) is 5. The van der Waals surface area contributed by atoms with Crippen LogP contribution in [0.5, 0.6) is 0 Å². The molecule has 1 rings (SSSR count). The van der Waals surface area contributed by atoms with Crippen molar-refractivity contribution in [2.45, 2.75) is 19.8 Å². The highest BCUT2D eigenvalue weighted by Gasteiger charge is 2.00. The zero-order valence-corrected chi connectivity index (χ0v) is 10.5. The Labute approximate surface area is 107 Å². The molecule has 0 fully saturated rings. The number of nitrogens with zero attached hydrogens (tertiary/aromatic N) is 1. The van der Waals surface area contributed by atoms with Crippen LogP contribution in [0.25, 0.3) is 0 Å². The molecule has 0 saturated heterocycles. The number of nitrogens with two attached hydrogens (primary N) is 1. The van der Waals surface area contributed by atoms with Crippen molar-refractivity contribution in [3.8, 4) is 0 Å². The maximum atomic E-state index is 11.0. The number of carbonyl (C=O) groups excluding carboxylic acids is 1. The molecule has 0 heterocycles. The largest absolute Gasteiger partial charge is 0.466 e. The molecule has 1 aromatic rings. The van der Waals surface area contributed by atoms with E-state index in [-0.39, 0.29) is 5.97 Å². The number of rotatable bonds is 7. The van der Waals surface area contributed by atoms with Gasteiger partial charge in [0.2, 0.25) is 0 Å². The number of benzene rings is 1. The molecule has 0 aliphatic rings. The van der Waals surface area contributed by atoms with Crippen LogP contribution in [0.15, 0.2) is 29.4 Å². The Morgan fingerprint density at radius 3 is 2.94 bits per heavy atom. The van der Waals surface area contributed by atoms with E-state index in [0.29, 0.717) is 31.7 Å². The summed E-state index contributed by atoms with van der Waals surface area (Å²) in [5.41, 5.74) is 7.18. The quantitative estimate of drug-likeness (QED) is 0.264. The van der Waals surface area contributed by atoms with Crippen molar-refractivity contribution in [3.05, 3.63) is 29.8 Å². The van der Waals surface area contributed by atoms with Gasteiger partial charge in [0.25, 0.3) is 0 Å². The summed E-state index contributed by atoms with van der Waals surface area (Å²) < 4.78 is 4.78. The van der Waals surface area contributed by atoms with Gasteiger partial charge in [0.05, 0.1) is 12.8 Å². The average Bonchev–Trinajstić information content (AvgIpc) is 2.36. The number of carbonyl (C=O) groups is 1. The smallest absolute Gasteiger partial charge is 0.305 e. The average molecular weight is 250 g/mol. The molecule has 0 aliphatic heterocycles. The van der Waals surface area contributed by atoms with Crippen LogP contribution < -0.4 is 5.73 Å². The van der Waals surface area contributed by atoms with Crippen LogP contribution in [0, 0.1) is 0 Å². The van der Waals surface area contributed by atoms with Crippen molar-refractivity contribution < 1.29 is 14.4 Å². The highest BCUT2D eigenvalue weighted by Crippen LogP contribution is 2.07. The molecule has 0 atom stereocenters. The van der Waals surface area contributed by atoms with Gasteiger partial charge in [0.1, 0.15) is 6.61 Å². The second kappa shape index (κ2) is 8.11. The van der Waals surface area contributed by atoms with Crippen molar-refractivity contribution in [1.29, 1.82) is 0 Å². The van der Waals surface area contributed by atoms with Crippen LogP contribution in [0.4, 0.5) is 5.69 Å². The van der Waals surface area contributed by atoms with Crippen LogP contribution in [-0.2, 0) is 14.4 Å². The van der Waals surface area contributed by atoms with Gasteiger partial charge in [-0.15, -0.1) is 0 Å². The number of anilines is 1. The van der Waals surface area contributed by atoms with Crippen LogP contribution in [-0.4, -0.2) is 25.4 Å². The fourth-order valence-corrected chi connectivity index (χ4v) is 1.29. The molecule has 0 spiro atoms. The standard InChI is InChI=1S/C13H18N2O3/c1-2-17-13(16)8-5-9-18-15-10-11-6-3-4-7-12(11)14/h3-4,6-7,10H,2,5,8-9,14H2,1H3. The first kappa shape index (κ1) is 14.0. The van der Waals surface area contributed by atoms with Gasteiger partial charge in [0, 0.05) is 17.7 Å². The number of esters is 1. The first-order chi connectivity index (χ1) is 8.74. The van der Waals surface area contributed by atoms with Crippen LogP contribution in [0.2, 0.25) is 0 Å². The molecule has 98 valence electrons. The molecule has 0 radical (unpaired) electrons. The normalized spacial score (nSPS) is 10.5. The molecule has 1 aromatic carbocycles. The Morgan fingerprint density at radius 1 is 1.44 bits per heavy atom. The summed E-state index contributed by atoms with van der Waals surface area (Å²) in [5.74, 6) is -0.211. The van der Waals surface area contributed by atoms with Crippen molar-refractivity contribution >= 4 is 17.9 Å². The van der Waals surface area contributed by atoms with Gasteiger partial charge in [0.15, 0.2) is 0 Å². The predicted octanol–water partition coefficient (Wildman–Crippen LogP) is 1.96. The highest BCUT2D eigenvalue weighted by molar-refractivity contribution is 5.86. The third kappa shape index (κ3) is 5.34. The van der Waals surface area contributed by atoms with E-state index in [1.807, 2.05) is 18.2 Å². The maximum absolute atomic E-state index is 11.0. The van der Waals surface area contributed by atoms with Crippen LogP contribution in [0.3, 0.4) is 0 Å². The SMILES string of the molecule is CCOC(=O)CCCON=Cc1ccccc1N. The van der Waals surface area contributed by atoms with E-state index in [0.717, 1.165) is 5.56 Å². The molecule has 0 aliphatic carbocycles. The van der Waals surface area contributed by atoms with Gasteiger partial charge in [-0.25, -0.2) is 0 Å². The molecule has 0 unspecified atom stereocenters. The van der Waals surface area contributed by atoms with E-state index in [9.17, 15) is 4.79 Å². The molecule has 5 nitrogen and oxygen atoms in total. The van der Waals surface area contributed by atoms with Crippen molar-refractivity contribution in [2.75, 3.05) is 18.9 Å². The molecule has 0 saturated carbocycles. The molecule has 0 aromatic heterocycles. The molecule has 0 bridgehead atoms. The van der Waals surface area contributed by atoms with Crippen molar-refractivity contribution in [2.24, 2.45) is 5.16 Å². The monoisotopic (exact) mass is 250 g/mol. The van der Waals surface area contributed by atoms with E-state index >= 15 is 0 Å². The van der Waals surface area contributed by atoms with Crippen LogP contribution in [0.1, 0.15) is 25.3 Å². The minimum Gasteiger partial charge on any atom is -0.466 e. The maximum Gasteiger partial charge on any atom is 0.305 e. The Balaban J connectivity index is 2.18. The summed E-state index contributed by atoms with van der Waals surface area (Å²) in [6, 6.07) is 7.37. The lowest BCUT2D eigenvalue weighted by Gasteiger charge is -2.01. The minimum absolute atomic E-state index is 0.211. The molecule has 18 heavy (non-hydrogen) atoms.